The molecule has 3 aliphatic rings. The van der Waals surface area contributed by atoms with Crippen LogP contribution in [0.5, 0.6) is 0 Å². The van der Waals surface area contributed by atoms with Gasteiger partial charge >= 0.3 is 263 Å². The van der Waals surface area contributed by atoms with Crippen molar-refractivity contribution in [3.63, 3.8) is 0 Å². The third-order valence-corrected chi connectivity index (χ3v) is 11.0. The van der Waals surface area contributed by atoms with Gasteiger partial charge in [0, 0.05) is 0 Å². The summed E-state index contributed by atoms with van der Waals surface area (Å²) in [5.41, 5.74) is 22.4. The third kappa shape index (κ3) is 4.18. The van der Waals surface area contributed by atoms with Crippen LogP contribution in [0.1, 0.15) is 92.5 Å². The van der Waals surface area contributed by atoms with Gasteiger partial charge in [-0.1, -0.05) is 0 Å². The van der Waals surface area contributed by atoms with E-state index in [2.05, 4.69) is 121 Å². The Morgan fingerprint density at radius 1 is 0.659 bits per heavy atom. The van der Waals surface area contributed by atoms with Crippen LogP contribution >= 0.6 is 0 Å². The van der Waals surface area contributed by atoms with Crippen molar-refractivity contribution in [3.05, 3.63) is 117 Å². The Kier molecular flexibility index (Phi) is 6.20. The van der Waals surface area contributed by atoms with Crippen LogP contribution in [0.15, 0.2) is 72.8 Å². The molecular weight excluding hydrogens is 572 g/mol. The van der Waals surface area contributed by atoms with Crippen LogP contribution in [-0.4, -0.2) is 0 Å². The van der Waals surface area contributed by atoms with E-state index in [1.807, 2.05) is 0 Å². The van der Waals surface area contributed by atoms with Gasteiger partial charge in [-0.25, -0.2) is 0 Å². The third-order valence-electron chi connectivity index (χ3n) is 9.60. The van der Waals surface area contributed by atoms with Gasteiger partial charge in [0.15, 0.2) is 0 Å². The van der Waals surface area contributed by atoms with E-state index in [0.717, 1.165) is 19.3 Å². The molecule has 0 heterocycles. The van der Waals surface area contributed by atoms with Gasteiger partial charge in [0.25, 0.3) is 0 Å². The Labute approximate surface area is 261 Å². The first-order valence-electron chi connectivity index (χ1n) is 15.1. The minimum absolute atomic E-state index is 0.0354. The summed E-state index contributed by atoms with van der Waals surface area (Å²) in [5.74, 6) is 0. The van der Waals surface area contributed by atoms with Gasteiger partial charge in [0.05, 0.1) is 0 Å². The molecule has 4 aromatic carbocycles. The molecule has 0 nitrogen and oxygen atoms in total. The summed E-state index contributed by atoms with van der Waals surface area (Å²) in [5, 5.41) is 0. The quantitative estimate of drug-likeness (QED) is 0.183. The van der Waals surface area contributed by atoms with Gasteiger partial charge in [0.2, 0.25) is 0 Å². The fraction of sp³-hybridized carbons (Fsp3) is 0.300. The molecule has 4 aromatic rings. The van der Waals surface area contributed by atoms with Crippen LogP contribution in [0.2, 0.25) is 0 Å². The van der Waals surface area contributed by atoms with E-state index in [1.165, 1.54) is 103 Å². The van der Waals surface area contributed by atoms with Gasteiger partial charge in [-0.3, -0.25) is 0 Å². The zero-order valence-electron chi connectivity index (χ0n) is 25.5. The van der Waals surface area contributed by atoms with Crippen molar-refractivity contribution >= 4 is 8.84 Å². The van der Waals surface area contributed by atoms with Crippen molar-refractivity contribution in [2.75, 3.05) is 0 Å². The summed E-state index contributed by atoms with van der Waals surface area (Å²) >= 11 is 1.51. The molecule has 1 heteroatoms. The molecule has 0 atom stereocenters. The Balaban J connectivity index is 1.56. The van der Waals surface area contributed by atoms with Crippen molar-refractivity contribution in [2.45, 2.75) is 78.6 Å². The molecule has 0 amide bonds. The number of benzene rings is 4. The molecule has 0 bridgehead atoms. The van der Waals surface area contributed by atoms with Crippen LogP contribution in [0.4, 0.5) is 0 Å². The number of hydrogen-bond donors (Lipinski definition) is 0. The average Bonchev–Trinajstić information content (AvgIpc) is 3.66. The summed E-state index contributed by atoms with van der Waals surface area (Å²) in [6.07, 6.45) is 10.0. The molecule has 0 aromatic heterocycles. The second kappa shape index (κ2) is 9.37. The van der Waals surface area contributed by atoms with Crippen LogP contribution in [0, 0.1) is 6.92 Å². The van der Waals surface area contributed by atoms with Gasteiger partial charge in [0.1, 0.15) is 0 Å². The van der Waals surface area contributed by atoms with Crippen molar-refractivity contribution in [3.8, 4) is 33.4 Å². The minimum atomic E-state index is 0.0354. The van der Waals surface area contributed by atoms with E-state index in [1.54, 1.807) is 8.83 Å². The van der Waals surface area contributed by atoms with Crippen molar-refractivity contribution in [1.29, 1.82) is 0 Å². The molecule has 41 heavy (non-hydrogen) atoms. The topological polar surface area (TPSA) is 0 Å². The molecule has 3 aliphatic carbocycles. The van der Waals surface area contributed by atoms with Gasteiger partial charge in [-0.05, 0) is 0 Å². The summed E-state index contributed by atoms with van der Waals surface area (Å²) in [6, 6.07) is 21.2. The van der Waals surface area contributed by atoms with Crippen molar-refractivity contribution in [2.24, 2.45) is 0 Å². The summed E-state index contributed by atoms with van der Waals surface area (Å²) in [4.78, 5) is 0. The predicted octanol–water partition coefficient (Wildman–Crippen LogP) is 9.91. The monoisotopic (exact) mass is 609 g/mol. The van der Waals surface area contributed by atoms with Crippen LogP contribution in [0.3, 0.4) is 0 Å². The van der Waals surface area contributed by atoms with Crippen molar-refractivity contribution in [1.82, 2.24) is 0 Å². The first-order valence-corrected chi connectivity index (χ1v) is 16.3. The number of rotatable bonds is 2. The van der Waals surface area contributed by atoms with Crippen LogP contribution in [0.25, 0.3) is 39.0 Å². The second-order valence-electron chi connectivity index (χ2n) is 14.3. The van der Waals surface area contributed by atoms with Crippen molar-refractivity contribution < 1.29 is 24.7 Å². The fourth-order valence-electron chi connectivity index (χ4n) is 7.53. The molecule has 0 radical (unpaired) electrons. The van der Waals surface area contributed by atoms with Gasteiger partial charge in [-0.15, -0.1) is 0 Å². The van der Waals surface area contributed by atoms with Gasteiger partial charge < -0.3 is 0 Å². The molecule has 0 fully saturated rings. The van der Waals surface area contributed by atoms with E-state index >= 15 is 0 Å². The Hall–Kier alpha value is -2.76. The van der Waals surface area contributed by atoms with Gasteiger partial charge in [-0.2, -0.15) is 0 Å². The summed E-state index contributed by atoms with van der Waals surface area (Å²) in [6.45, 7) is 16.6. The first-order chi connectivity index (χ1) is 19.4. The van der Waals surface area contributed by atoms with E-state index in [9.17, 15) is 0 Å². The second-order valence-corrected chi connectivity index (χ2v) is 15.6. The van der Waals surface area contributed by atoms with Crippen LogP contribution in [-0.2, 0) is 48.4 Å². The normalized spacial score (nSPS) is 15.0. The first kappa shape index (κ1) is 27.1. The van der Waals surface area contributed by atoms with E-state index in [4.69, 9.17) is 0 Å². The molecule has 0 aliphatic heterocycles. The molecule has 0 N–H and O–H groups in total. The Morgan fingerprint density at radius 3 is 2.10 bits per heavy atom. The maximum absolute atomic E-state index is 2.49. The number of allylic oxidation sites excluding steroid dienone is 4. The molecule has 0 unspecified atom stereocenters. The zero-order chi connectivity index (χ0) is 28.8. The SMILES string of the molecule is Cc1c(C2=CC=CC2)c(-c2c(C(C)(C)C)ccc3c2Cc2cc(C(C)(C)C)ccc2-3)[c]([Zr])c2c1-c1ccccc1C2. The molecule has 203 valence electrons. The standard InChI is InChI=1S/C40H39.Zr/c1-24-36(25-12-8-9-13-25)34(23-28-20-26-14-10-11-15-31(26)37(24)28)38-33-22-27-21-29(39(2,3)4)16-17-30(27)32(33)18-19-35(38)40(5,6)7;/h8-12,14-19,21H,13,20,22H2,1-7H3;. The summed E-state index contributed by atoms with van der Waals surface area (Å²) in [7, 11) is 0. The Bertz CT molecular complexity index is 1830. The van der Waals surface area contributed by atoms with E-state index in [-0.39, 0.29) is 10.8 Å². The molecule has 0 saturated carbocycles. The van der Waals surface area contributed by atoms with E-state index in [0.29, 0.717) is 0 Å². The molecule has 0 saturated heterocycles. The fourth-order valence-corrected chi connectivity index (χ4v) is 8.67. The summed E-state index contributed by atoms with van der Waals surface area (Å²) < 4.78 is 1.56. The molecule has 0 spiro atoms. The number of hydrogen-bond acceptors (Lipinski definition) is 0. The Morgan fingerprint density at radius 2 is 1.39 bits per heavy atom. The molecule has 7 rings (SSSR count). The predicted molar refractivity (Wildman–Crippen MR) is 172 cm³/mol. The molecular formula is C40H39Zr. The van der Waals surface area contributed by atoms with E-state index < -0.39 is 0 Å². The van der Waals surface area contributed by atoms with Crippen LogP contribution < -0.4 is 3.27 Å². The number of fused-ring (bicyclic) bond motifs is 6. The average molecular weight is 611 g/mol. The zero-order valence-corrected chi connectivity index (χ0v) is 28.0. The maximum atomic E-state index is 2.49.